The van der Waals surface area contributed by atoms with Crippen LogP contribution in [0.2, 0.25) is 0 Å². The van der Waals surface area contributed by atoms with Crippen LogP contribution in [0.3, 0.4) is 0 Å². The molecule has 130 valence electrons. The maximum absolute atomic E-state index is 13.6. The van der Waals surface area contributed by atoms with E-state index in [1.165, 1.54) is 26.2 Å². The number of rotatable bonds is 6. The maximum atomic E-state index is 13.6. The van der Waals surface area contributed by atoms with Crippen molar-refractivity contribution in [3.8, 4) is 5.75 Å². The van der Waals surface area contributed by atoms with Gasteiger partial charge in [-0.15, -0.1) is 0 Å². The van der Waals surface area contributed by atoms with Crippen molar-refractivity contribution in [1.29, 1.82) is 0 Å². The van der Waals surface area contributed by atoms with Crippen molar-refractivity contribution in [2.45, 2.75) is 6.92 Å². The summed E-state index contributed by atoms with van der Waals surface area (Å²) < 4.78 is 23.2. The summed E-state index contributed by atoms with van der Waals surface area (Å²) in [6.07, 6.45) is 0. The number of benzene rings is 2. The van der Waals surface area contributed by atoms with Gasteiger partial charge in [0.15, 0.2) is 24.0 Å². The van der Waals surface area contributed by atoms with Crippen LogP contribution in [0.4, 0.5) is 10.1 Å². The Hall–Kier alpha value is -3.22. The van der Waals surface area contributed by atoms with E-state index in [2.05, 4.69) is 5.32 Å². The van der Waals surface area contributed by atoms with E-state index in [9.17, 15) is 18.8 Å². The van der Waals surface area contributed by atoms with E-state index in [4.69, 9.17) is 9.47 Å². The Morgan fingerprint density at radius 1 is 1.12 bits per heavy atom. The standard InChI is InChI=1S/C18H16FNO5/c1-11(21)13-5-3-4-6-15(13)20-17(22)10-25-18(23)12-7-8-16(24-2)14(19)9-12/h3-9H,10H2,1-2H3,(H,20,22). The first-order valence-corrected chi connectivity index (χ1v) is 7.33. The summed E-state index contributed by atoms with van der Waals surface area (Å²) in [6, 6.07) is 10.0. The smallest absolute Gasteiger partial charge is 0.338 e. The molecule has 2 aromatic carbocycles. The van der Waals surface area contributed by atoms with Gasteiger partial charge < -0.3 is 14.8 Å². The van der Waals surface area contributed by atoms with Crippen LogP contribution in [0.25, 0.3) is 0 Å². The van der Waals surface area contributed by atoms with Crippen molar-refractivity contribution in [2.24, 2.45) is 0 Å². The zero-order valence-electron chi connectivity index (χ0n) is 13.7. The van der Waals surface area contributed by atoms with Crippen LogP contribution in [0, 0.1) is 5.82 Å². The quantitative estimate of drug-likeness (QED) is 0.643. The van der Waals surface area contributed by atoms with Gasteiger partial charge in [-0.1, -0.05) is 12.1 Å². The molecule has 25 heavy (non-hydrogen) atoms. The normalized spacial score (nSPS) is 10.0. The highest BCUT2D eigenvalue weighted by atomic mass is 19.1. The minimum absolute atomic E-state index is 0.00451. The number of esters is 1. The number of methoxy groups -OCH3 is 1. The SMILES string of the molecule is COc1ccc(C(=O)OCC(=O)Nc2ccccc2C(C)=O)cc1F. The number of para-hydroxylation sites is 1. The third kappa shape index (κ3) is 4.63. The van der Waals surface area contributed by atoms with Crippen LogP contribution in [-0.4, -0.2) is 31.4 Å². The lowest BCUT2D eigenvalue weighted by molar-refractivity contribution is -0.119. The number of ketones is 1. The number of halogens is 1. The van der Waals surface area contributed by atoms with Gasteiger partial charge in [0, 0.05) is 5.56 Å². The van der Waals surface area contributed by atoms with Gasteiger partial charge in [-0.25, -0.2) is 9.18 Å². The van der Waals surface area contributed by atoms with Crippen LogP contribution in [-0.2, 0) is 9.53 Å². The molecule has 0 saturated heterocycles. The summed E-state index contributed by atoms with van der Waals surface area (Å²) in [6.45, 7) is 0.807. The lowest BCUT2D eigenvalue weighted by Crippen LogP contribution is -2.22. The first-order chi connectivity index (χ1) is 11.9. The molecule has 2 aromatic rings. The zero-order chi connectivity index (χ0) is 18.4. The van der Waals surface area contributed by atoms with E-state index in [0.29, 0.717) is 11.3 Å². The van der Waals surface area contributed by atoms with Crippen LogP contribution in [0.5, 0.6) is 5.75 Å². The molecule has 0 aliphatic rings. The Balaban J connectivity index is 1.97. The van der Waals surface area contributed by atoms with Gasteiger partial charge in [-0.2, -0.15) is 0 Å². The van der Waals surface area contributed by atoms with E-state index in [0.717, 1.165) is 6.07 Å². The monoisotopic (exact) mass is 345 g/mol. The minimum Gasteiger partial charge on any atom is -0.494 e. The molecule has 1 amide bonds. The number of amides is 1. The van der Waals surface area contributed by atoms with Gasteiger partial charge in [-0.3, -0.25) is 9.59 Å². The Morgan fingerprint density at radius 2 is 1.84 bits per heavy atom. The predicted molar refractivity (Wildman–Crippen MR) is 88.3 cm³/mol. The summed E-state index contributed by atoms with van der Waals surface area (Å²) in [4.78, 5) is 35.3. The summed E-state index contributed by atoms with van der Waals surface area (Å²) in [7, 11) is 1.31. The van der Waals surface area contributed by atoms with Crippen LogP contribution in [0.1, 0.15) is 27.6 Å². The Bertz CT molecular complexity index is 819. The number of hydrogen-bond donors (Lipinski definition) is 1. The molecule has 0 unspecified atom stereocenters. The number of nitrogens with one attached hydrogen (secondary N) is 1. The van der Waals surface area contributed by atoms with Crippen LogP contribution < -0.4 is 10.1 Å². The molecular formula is C18H16FNO5. The molecule has 0 aromatic heterocycles. The fraction of sp³-hybridized carbons (Fsp3) is 0.167. The Morgan fingerprint density at radius 3 is 2.48 bits per heavy atom. The molecule has 0 heterocycles. The molecule has 1 N–H and O–H groups in total. The largest absolute Gasteiger partial charge is 0.494 e. The van der Waals surface area contributed by atoms with E-state index < -0.39 is 24.3 Å². The lowest BCUT2D eigenvalue weighted by atomic mass is 10.1. The van der Waals surface area contributed by atoms with Gasteiger partial charge >= 0.3 is 5.97 Å². The molecule has 0 radical (unpaired) electrons. The summed E-state index contributed by atoms with van der Waals surface area (Å²) in [5.74, 6) is -2.39. The average Bonchev–Trinajstić information content (AvgIpc) is 2.59. The second-order valence-corrected chi connectivity index (χ2v) is 5.08. The van der Waals surface area contributed by atoms with Gasteiger partial charge in [-0.05, 0) is 37.3 Å². The molecule has 6 nitrogen and oxygen atoms in total. The van der Waals surface area contributed by atoms with Gasteiger partial charge in [0.1, 0.15) is 0 Å². The third-order valence-electron chi connectivity index (χ3n) is 3.30. The first kappa shape index (κ1) is 18.1. The van der Waals surface area contributed by atoms with Crippen molar-refractivity contribution < 1.29 is 28.2 Å². The summed E-state index contributed by atoms with van der Waals surface area (Å²) >= 11 is 0. The molecule has 0 spiro atoms. The van der Waals surface area contributed by atoms with E-state index in [1.807, 2.05) is 0 Å². The second-order valence-electron chi connectivity index (χ2n) is 5.08. The molecule has 2 rings (SSSR count). The Kier molecular flexibility index (Phi) is 5.84. The number of Topliss-reactive ketones (excluding diaryl/α,β-unsaturated/α-hetero) is 1. The van der Waals surface area contributed by atoms with Crippen molar-refractivity contribution in [3.05, 3.63) is 59.4 Å². The third-order valence-corrected chi connectivity index (χ3v) is 3.30. The molecule has 7 heteroatoms. The molecular weight excluding hydrogens is 329 g/mol. The number of ether oxygens (including phenoxy) is 2. The Labute approximate surface area is 143 Å². The predicted octanol–water partition coefficient (Wildman–Crippen LogP) is 2.83. The summed E-state index contributed by atoms with van der Waals surface area (Å²) in [5.41, 5.74) is 0.626. The minimum atomic E-state index is -0.850. The average molecular weight is 345 g/mol. The van der Waals surface area contributed by atoms with Crippen molar-refractivity contribution in [3.63, 3.8) is 0 Å². The van der Waals surface area contributed by atoms with E-state index in [1.54, 1.807) is 24.3 Å². The second kappa shape index (κ2) is 8.05. The molecule has 0 aliphatic heterocycles. The van der Waals surface area contributed by atoms with Gasteiger partial charge in [0.25, 0.3) is 5.91 Å². The van der Waals surface area contributed by atoms with Crippen molar-refractivity contribution in [1.82, 2.24) is 0 Å². The highest BCUT2D eigenvalue weighted by molar-refractivity contribution is 6.04. The van der Waals surface area contributed by atoms with E-state index in [-0.39, 0.29) is 17.1 Å². The number of hydrogen-bond acceptors (Lipinski definition) is 5. The van der Waals surface area contributed by atoms with Crippen molar-refractivity contribution >= 4 is 23.3 Å². The number of carbonyl (C=O) groups is 3. The molecule has 0 saturated carbocycles. The van der Waals surface area contributed by atoms with Gasteiger partial charge in [0.2, 0.25) is 0 Å². The molecule has 0 bridgehead atoms. The fourth-order valence-electron chi connectivity index (χ4n) is 2.09. The summed E-state index contributed by atoms with van der Waals surface area (Å²) in [5, 5.41) is 2.50. The zero-order valence-corrected chi connectivity index (χ0v) is 13.7. The number of anilines is 1. The number of carbonyl (C=O) groups excluding carboxylic acids is 3. The molecule has 0 aliphatic carbocycles. The lowest BCUT2D eigenvalue weighted by Gasteiger charge is -2.10. The van der Waals surface area contributed by atoms with Crippen LogP contribution >= 0.6 is 0 Å². The maximum Gasteiger partial charge on any atom is 0.338 e. The van der Waals surface area contributed by atoms with Crippen LogP contribution in [0.15, 0.2) is 42.5 Å². The first-order valence-electron chi connectivity index (χ1n) is 7.33. The van der Waals surface area contributed by atoms with E-state index >= 15 is 0 Å². The highest BCUT2D eigenvalue weighted by Crippen LogP contribution is 2.18. The highest BCUT2D eigenvalue weighted by Gasteiger charge is 2.14. The fourth-order valence-corrected chi connectivity index (χ4v) is 2.09. The molecule has 0 atom stereocenters. The topological polar surface area (TPSA) is 81.7 Å². The van der Waals surface area contributed by atoms with Crippen molar-refractivity contribution in [2.75, 3.05) is 19.0 Å². The van der Waals surface area contributed by atoms with Gasteiger partial charge in [0.05, 0.1) is 18.4 Å². The molecule has 0 fully saturated rings.